The van der Waals surface area contributed by atoms with Gasteiger partial charge in [-0.3, -0.25) is 14.8 Å². The molecule has 4 rings (SSSR count). The predicted octanol–water partition coefficient (Wildman–Crippen LogP) is 3.53. The maximum atomic E-state index is 13.3. The van der Waals surface area contributed by atoms with Crippen LogP contribution in [0.3, 0.4) is 0 Å². The lowest BCUT2D eigenvalue weighted by Crippen LogP contribution is -2.50. The SMILES string of the molecule is N[C@@H](CCc1ccccc1)C(=O)N[C@H](c1ccccc1)C(O)(c1cccnc1)c1cccnc1. The van der Waals surface area contributed by atoms with E-state index in [0.717, 1.165) is 11.1 Å². The molecule has 0 aliphatic carbocycles. The normalized spacial score (nSPS) is 13.1. The van der Waals surface area contributed by atoms with Gasteiger partial charge in [0.25, 0.3) is 0 Å². The summed E-state index contributed by atoms with van der Waals surface area (Å²) in [6, 6.07) is 24.8. The van der Waals surface area contributed by atoms with Gasteiger partial charge in [-0.2, -0.15) is 0 Å². The van der Waals surface area contributed by atoms with Gasteiger partial charge in [0.05, 0.1) is 12.1 Å². The fraction of sp³-hybridized carbons (Fsp3) is 0.179. The van der Waals surface area contributed by atoms with Crippen LogP contribution in [0.2, 0.25) is 0 Å². The molecule has 0 unspecified atom stereocenters. The zero-order valence-electron chi connectivity index (χ0n) is 18.8. The summed E-state index contributed by atoms with van der Waals surface area (Å²) in [7, 11) is 0. The number of aliphatic hydroxyl groups is 1. The standard InChI is InChI=1S/C28H28N4O2/c29-25(16-15-21-9-3-1-4-10-21)27(33)32-26(22-11-5-2-6-12-22)28(34,23-13-7-17-30-19-23)24-14-8-18-31-20-24/h1-14,17-20,25-26,34H,15-16,29H2,(H,32,33)/t25-,26+/m0/s1. The molecule has 0 radical (unpaired) electrons. The molecule has 0 spiro atoms. The van der Waals surface area contributed by atoms with Crippen LogP contribution in [-0.2, 0) is 16.8 Å². The summed E-state index contributed by atoms with van der Waals surface area (Å²) in [4.78, 5) is 21.7. The molecular formula is C28H28N4O2. The Morgan fingerprint density at radius 3 is 1.94 bits per heavy atom. The summed E-state index contributed by atoms with van der Waals surface area (Å²) in [5, 5.41) is 15.3. The summed E-state index contributed by atoms with van der Waals surface area (Å²) >= 11 is 0. The number of hydrogen-bond donors (Lipinski definition) is 3. The summed E-state index contributed by atoms with van der Waals surface area (Å²) in [5.74, 6) is -0.337. The third kappa shape index (κ3) is 5.20. The first kappa shape index (κ1) is 23.3. The Bertz CT molecular complexity index is 1130. The summed E-state index contributed by atoms with van der Waals surface area (Å²) in [6.07, 6.45) is 7.65. The van der Waals surface area contributed by atoms with Crippen LogP contribution in [0.4, 0.5) is 0 Å². The number of aromatic nitrogens is 2. The van der Waals surface area contributed by atoms with Gasteiger partial charge in [0.1, 0.15) is 5.60 Å². The quantitative estimate of drug-likeness (QED) is 0.361. The molecule has 6 nitrogen and oxygen atoms in total. The molecule has 1 amide bonds. The minimum Gasteiger partial charge on any atom is -0.378 e. The molecule has 2 heterocycles. The Labute approximate surface area is 199 Å². The first-order valence-corrected chi connectivity index (χ1v) is 11.3. The summed E-state index contributed by atoms with van der Waals surface area (Å²) < 4.78 is 0. The zero-order chi connectivity index (χ0) is 23.8. The van der Waals surface area contributed by atoms with E-state index in [1.807, 2.05) is 60.7 Å². The average Bonchev–Trinajstić information content (AvgIpc) is 2.92. The van der Waals surface area contributed by atoms with Crippen LogP contribution in [0.15, 0.2) is 110 Å². The van der Waals surface area contributed by atoms with E-state index in [4.69, 9.17) is 5.73 Å². The number of amides is 1. The fourth-order valence-electron chi connectivity index (χ4n) is 4.10. The maximum Gasteiger partial charge on any atom is 0.237 e. The Morgan fingerprint density at radius 1 is 0.853 bits per heavy atom. The van der Waals surface area contributed by atoms with Crippen LogP contribution in [0.1, 0.15) is 34.7 Å². The maximum absolute atomic E-state index is 13.3. The smallest absolute Gasteiger partial charge is 0.237 e. The lowest BCUT2D eigenvalue weighted by molar-refractivity contribution is -0.125. The van der Waals surface area contributed by atoms with Gasteiger partial charge in [0.2, 0.25) is 5.91 Å². The molecular weight excluding hydrogens is 424 g/mol. The van der Waals surface area contributed by atoms with Crippen molar-refractivity contribution >= 4 is 5.91 Å². The Balaban J connectivity index is 1.68. The molecule has 2 aromatic heterocycles. The van der Waals surface area contributed by atoms with Crippen molar-refractivity contribution in [1.82, 2.24) is 15.3 Å². The predicted molar refractivity (Wildman–Crippen MR) is 132 cm³/mol. The molecule has 6 heteroatoms. The zero-order valence-corrected chi connectivity index (χ0v) is 18.8. The second-order valence-corrected chi connectivity index (χ2v) is 8.23. The third-order valence-corrected chi connectivity index (χ3v) is 5.96. The molecule has 34 heavy (non-hydrogen) atoms. The molecule has 0 saturated heterocycles. The van der Waals surface area contributed by atoms with Crippen LogP contribution >= 0.6 is 0 Å². The van der Waals surface area contributed by atoms with Crippen molar-refractivity contribution in [2.24, 2.45) is 5.73 Å². The van der Waals surface area contributed by atoms with Crippen molar-refractivity contribution in [3.63, 3.8) is 0 Å². The number of nitrogens with two attached hydrogens (primary N) is 1. The van der Waals surface area contributed by atoms with E-state index >= 15 is 0 Å². The van der Waals surface area contributed by atoms with Gasteiger partial charge in [-0.15, -0.1) is 0 Å². The topological polar surface area (TPSA) is 101 Å². The van der Waals surface area contributed by atoms with Gasteiger partial charge >= 0.3 is 0 Å². The average molecular weight is 453 g/mol. The first-order chi connectivity index (χ1) is 16.6. The van der Waals surface area contributed by atoms with Crippen molar-refractivity contribution in [2.45, 2.75) is 30.5 Å². The monoisotopic (exact) mass is 452 g/mol. The number of rotatable bonds is 9. The highest BCUT2D eigenvalue weighted by Gasteiger charge is 2.43. The van der Waals surface area contributed by atoms with Gasteiger partial charge in [-0.25, -0.2) is 0 Å². The van der Waals surface area contributed by atoms with E-state index in [0.29, 0.717) is 24.0 Å². The van der Waals surface area contributed by atoms with Crippen LogP contribution in [0, 0.1) is 0 Å². The Morgan fingerprint density at radius 2 is 1.41 bits per heavy atom. The Kier molecular flexibility index (Phi) is 7.42. The van der Waals surface area contributed by atoms with Crippen LogP contribution in [0.5, 0.6) is 0 Å². The van der Waals surface area contributed by atoms with Crippen molar-refractivity contribution in [1.29, 1.82) is 0 Å². The van der Waals surface area contributed by atoms with Gasteiger partial charge in [0, 0.05) is 35.9 Å². The molecule has 4 N–H and O–H groups in total. The van der Waals surface area contributed by atoms with E-state index < -0.39 is 17.7 Å². The number of nitrogens with one attached hydrogen (secondary N) is 1. The minimum absolute atomic E-state index is 0.337. The van der Waals surface area contributed by atoms with Crippen molar-refractivity contribution in [3.8, 4) is 0 Å². The highest BCUT2D eigenvalue weighted by atomic mass is 16.3. The number of benzene rings is 2. The Hall–Kier alpha value is -3.87. The highest BCUT2D eigenvalue weighted by Crippen LogP contribution is 2.40. The third-order valence-electron chi connectivity index (χ3n) is 5.96. The van der Waals surface area contributed by atoms with E-state index in [1.54, 1.807) is 49.1 Å². The molecule has 0 aliphatic rings. The van der Waals surface area contributed by atoms with Gasteiger partial charge in [-0.1, -0.05) is 72.8 Å². The minimum atomic E-state index is -1.63. The van der Waals surface area contributed by atoms with Gasteiger partial charge < -0.3 is 16.2 Å². The number of carbonyl (C=O) groups excluding carboxylic acids is 1. The number of nitrogens with zero attached hydrogens (tertiary/aromatic N) is 2. The van der Waals surface area contributed by atoms with Crippen LogP contribution in [0.25, 0.3) is 0 Å². The molecule has 4 aromatic rings. The number of hydrogen-bond acceptors (Lipinski definition) is 5. The van der Waals surface area contributed by atoms with Crippen LogP contribution in [-0.4, -0.2) is 27.0 Å². The van der Waals surface area contributed by atoms with Crippen molar-refractivity contribution < 1.29 is 9.90 Å². The number of aryl methyl sites for hydroxylation is 1. The fourth-order valence-corrected chi connectivity index (χ4v) is 4.10. The van der Waals surface area contributed by atoms with Gasteiger partial charge in [-0.05, 0) is 36.1 Å². The van der Waals surface area contributed by atoms with E-state index in [1.165, 1.54) is 0 Å². The molecule has 2 aromatic carbocycles. The van der Waals surface area contributed by atoms with E-state index in [9.17, 15) is 9.90 Å². The van der Waals surface area contributed by atoms with Crippen molar-refractivity contribution in [2.75, 3.05) is 0 Å². The second-order valence-electron chi connectivity index (χ2n) is 8.23. The summed E-state index contributed by atoms with van der Waals surface area (Å²) in [6.45, 7) is 0. The molecule has 0 aliphatic heterocycles. The highest BCUT2D eigenvalue weighted by molar-refractivity contribution is 5.82. The van der Waals surface area contributed by atoms with Crippen LogP contribution < -0.4 is 11.1 Å². The lowest BCUT2D eigenvalue weighted by atomic mass is 9.78. The second kappa shape index (κ2) is 10.8. The molecule has 0 fully saturated rings. The molecule has 172 valence electrons. The number of carbonyl (C=O) groups is 1. The van der Waals surface area contributed by atoms with Crippen molar-refractivity contribution in [3.05, 3.63) is 132 Å². The molecule has 0 saturated carbocycles. The van der Waals surface area contributed by atoms with E-state index in [2.05, 4.69) is 15.3 Å². The van der Waals surface area contributed by atoms with E-state index in [-0.39, 0.29) is 5.91 Å². The summed E-state index contributed by atoms with van der Waals surface area (Å²) in [5.41, 5.74) is 7.60. The molecule has 0 bridgehead atoms. The first-order valence-electron chi connectivity index (χ1n) is 11.3. The number of pyridine rings is 2. The van der Waals surface area contributed by atoms with Gasteiger partial charge in [0.15, 0.2) is 0 Å². The molecule has 2 atom stereocenters. The largest absolute Gasteiger partial charge is 0.378 e. The lowest BCUT2D eigenvalue weighted by Gasteiger charge is -2.38.